The third-order valence-electron chi connectivity index (χ3n) is 18.5. The van der Waals surface area contributed by atoms with Crippen LogP contribution in [0.4, 0.5) is 0 Å². The average Bonchev–Trinajstić information content (AvgIpc) is 0.959. The summed E-state index contributed by atoms with van der Waals surface area (Å²) in [4.78, 5) is 73.0. The van der Waals surface area contributed by atoms with Crippen LogP contribution in [0.1, 0.15) is 413 Å². The van der Waals surface area contributed by atoms with Gasteiger partial charge in [-0.1, -0.05) is 360 Å². The molecule has 0 aliphatic rings. The molecule has 0 fully saturated rings. The number of unbranched alkanes of at least 4 members (excludes halogenated alkanes) is 51. The van der Waals surface area contributed by atoms with Gasteiger partial charge in [0.1, 0.15) is 19.3 Å². The zero-order chi connectivity index (χ0) is 73.2. The van der Waals surface area contributed by atoms with Crippen LogP contribution < -0.4 is 0 Å². The van der Waals surface area contributed by atoms with Crippen molar-refractivity contribution in [1.29, 1.82) is 0 Å². The third kappa shape index (κ3) is 73.8. The Kier molecular flexibility index (Phi) is 73.0. The van der Waals surface area contributed by atoms with Crippen molar-refractivity contribution in [3.8, 4) is 0 Å². The molecular formula is C81H154O17P2. The molecule has 0 aromatic carbocycles. The highest BCUT2D eigenvalue weighted by atomic mass is 31.2. The number of carbonyl (C=O) groups excluding carboxylic acids is 4. The van der Waals surface area contributed by atoms with Crippen molar-refractivity contribution in [2.45, 2.75) is 431 Å². The Bertz CT molecular complexity index is 1990. The number of phosphoric ester groups is 2. The summed E-state index contributed by atoms with van der Waals surface area (Å²) in [5, 5.41) is 10.6. The van der Waals surface area contributed by atoms with Gasteiger partial charge >= 0.3 is 39.5 Å². The Hall–Kier alpha value is -2.46. The molecule has 19 heteroatoms. The molecule has 5 atom stereocenters. The summed E-state index contributed by atoms with van der Waals surface area (Å²) in [6.07, 6.45) is 70.0. The number of ether oxygens (including phenoxy) is 4. The smallest absolute Gasteiger partial charge is 0.462 e. The van der Waals surface area contributed by atoms with Gasteiger partial charge in [-0.05, 0) is 51.4 Å². The second-order valence-corrected chi connectivity index (χ2v) is 31.4. The highest BCUT2D eigenvalue weighted by Gasteiger charge is 2.30. The number of carbonyl (C=O) groups is 4. The maximum absolute atomic E-state index is 13.1. The van der Waals surface area contributed by atoms with E-state index in [-0.39, 0.29) is 25.7 Å². The van der Waals surface area contributed by atoms with Gasteiger partial charge in [-0.2, -0.15) is 0 Å². The number of hydrogen-bond acceptors (Lipinski definition) is 15. The molecule has 0 bridgehead atoms. The van der Waals surface area contributed by atoms with Crippen LogP contribution in [0.5, 0.6) is 0 Å². The summed E-state index contributed by atoms with van der Waals surface area (Å²) in [5.41, 5.74) is 0. The lowest BCUT2D eigenvalue weighted by Crippen LogP contribution is -2.30. The number of phosphoric acid groups is 2. The van der Waals surface area contributed by atoms with Crippen molar-refractivity contribution in [3.05, 3.63) is 24.3 Å². The molecule has 0 heterocycles. The monoisotopic (exact) mass is 1460 g/mol. The fourth-order valence-corrected chi connectivity index (χ4v) is 13.7. The Balaban J connectivity index is 5.29. The predicted octanol–water partition coefficient (Wildman–Crippen LogP) is 24.1. The Morgan fingerprint density at radius 1 is 0.280 bits per heavy atom. The molecule has 17 nitrogen and oxygen atoms in total. The average molecular weight is 1460 g/mol. The Labute approximate surface area is 612 Å². The van der Waals surface area contributed by atoms with Gasteiger partial charge in [-0.3, -0.25) is 37.3 Å². The molecular weight excluding hydrogens is 1310 g/mol. The van der Waals surface area contributed by atoms with Crippen molar-refractivity contribution >= 4 is 39.5 Å². The molecule has 0 radical (unpaired) electrons. The quantitative estimate of drug-likeness (QED) is 0.0169. The van der Waals surface area contributed by atoms with Gasteiger partial charge in [0.25, 0.3) is 0 Å². The van der Waals surface area contributed by atoms with Gasteiger partial charge in [-0.15, -0.1) is 0 Å². The minimum atomic E-state index is -4.97. The van der Waals surface area contributed by atoms with Gasteiger partial charge in [0.05, 0.1) is 26.4 Å². The molecule has 2 unspecified atom stereocenters. The summed E-state index contributed by atoms with van der Waals surface area (Å²) in [7, 11) is -9.93. The lowest BCUT2D eigenvalue weighted by atomic mass is 10.0. The molecule has 0 rings (SSSR count). The van der Waals surface area contributed by atoms with Crippen LogP contribution in [0.2, 0.25) is 0 Å². The summed E-state index contributed by atoms with van der Waals surface area (Å²) < 4.78 is 68.7. The van der Waals surface area contributed by atoms with E-state index in [1.165, 1.54) is 225 Å². The highest BCUT2D eigenvalue weighted by Crippen LogP contribution is 2.45. The van der Waals surface area contributed by atoms with Crippen LogP contribution >= 0.6 is 15.6 Å². The Morgan fingerprint density at radius 2 is 0.480 bits per heavy atom. The molecule has 0 aliphatic heterocycles. The maximum atomic E-state index is 13.1. The molecule has 3 N–H and O–H groups in total. The van der Waals surface area contributed by atoms with Crippen molar-refractivity contribution in [1.82, 2.24) is 0 Å². The van der Waals surface area contributed by atoms with E-state index in [0.29, 0.717) is 25.7 Å². The third-order valence-corrected chi connectivity index (χ3v) is 20.4. The van der Waals surface area contributed by atoms with E-state index in [1.54, 1.807) is 0 Å². The van der Waals surface area contributed by atoms with E-state index in [1.807, 2.05) is 0 Å². The first-order valence-corrected chi connectivity index (χ1v) is 44.6. The fraction of sp³-hybridized carbons (Fsp3) is 0.901. The first-order valence-electron chi connectivity index (χ1n) is 41.6. The molecule has 0 aromatic rings. The normalized spacial score (nSPS) is 13.9. The Morgan fingerprint density at radius 3 is 0.730 bits per heavy atom. The molecule has 590 valence electrons. The van der Waals surface area contributed by atoms with Crippen molar-refractivity contribution in [2.75, 3.05) is 39.6 Å². The molecule has 0 saturated heterocycles. The van der Waals surface area contributed by atoms with E-state index in [4.69, 9.17) is 37.0 Å². The van der Waals surface area contributed by atoms with Gasteiger partial charge in [0.15, 0.2) is 12.2 Å². The van der Waals surface area contributed by atoms with Gasteiger partial charge in [0.2, 0.25) is 0 Å². The van der Waals surface area contributed by atoms with E-state index in [0.717, 1.165) is 109 Å². The second kappa shape index (κ2) is 74.8. The molecule has 100 heavy (non-hydrogen) atoms. The van der Waals surface area contributed by atoms with Crippen LogP contribution in [-0.2, 0) is 65.4 Å². The van der Waals surface area contributed by atoms with Gasteiger partial charge in [-0.25, -0.2) is 9.13 Å². The van der Waals surface area contributed by atoms with Gasteiger partial charge in [0, 0.05) is 25.7 Å². The number of hydrogen-bond donors (Lipinski definition) is 3. The van der Waals surface area contributed by atoms with E-state index in [9.17, 15) is 43.2 Å². The van der Waals surface area contributed by atoms with E-state index in [2.05, 4.69) is 52.0 Å². The van der Waals surface area contributed by atoms with Crippen molar-refractivity contribution in [3.63, 3.8) is 0 Å². The maximum Gasteiger partial charge on any atom is 0.472 e. The highest BCUT2D eigenvalue weighted by molar-refractivity contribution is 7.47. The number of esters is 4. The first-order chi connectivity index (χ1) is 48.7. The molecule has 0 aromatic heterocycles. The topological polar surface area (TPSA) is 237 Å². The summed E-state index contributed by atoms with van der Waals surface area (Å²) >= 11 is 0. The van der Waals surface area contributed by atoms with Gasteiger partial charge < -0.3 is 33.8 Å². The molecule has 0 amide bonds. The summed E-state index contributed by atoms with van der Waals surface area (Å²) in [6, 6.07) is 0. The van der Waals surface area contributed by atoms with Crippen molar-refractivity contribution in [2.24, 2.45) is 0 Å². The summed E-state index contributed by atoms with van der Waals surface area (Å²) in [5.74, 6) is -2.13. The van der Waals surface area contributed by atoms with Crippen LogP contribution in [0.15, 0.2) is 24.3 Å². The van der Waals surface area contributed by atoms with E-state index < -0.39 is 97.5 Å². The summed E-state index contributed by atoms with van der Waals surface area (Å²) in [6.45, 7) is 4.97. The lowest BCUT2D eigenvalue weighted by molar-refractivity contribution is -0.161. The van der Waals surface area contributed by atoms with Crippen LogP contribution in [0.25, 0.3) is 0 Å². The van der Waals surface area contributed by atoms with Crippen LogP contribution in [-0.4, -0.2) is 96.7 Å². The zero-order valence-corrected chi connectivity index (χ0v) is 66.5. The second-order valence-electron chi connectivity index (χ2n) is 28.5. The SMILES string of the molecule is CCCCCC/C=C\C=C/CCCCCCCC(=O)OC[C@H](COP(=O)(O)OC[C@@H](O)COP(=O)(O)OC[C@@H](COC(=O)CCCCCCCCCCCCCC)OC(=O)CCCCCCCCCCCCCCCCC)OC(=O)CCCCCCCCCCCCCCCCCCCC. The number of aliphatic hydroxyl groups excluding tert-OH is 1. The largest absolute Gasteiger partial charge is 0.472 e. The number of rotatable bonds is 80. The molecule has 0 spiro atoms. The standard InChI is InChI=1S/C81H154O17P2/c1-5-9-13-17-21-25-29-33-36-37-38-41-44-48-52-56-60-64-68-81(86)98-77(72-92-79(84)66-62-58-54-50-46-42-39-34-30-26-22-18-14-10-6-2)74-96-100(89,90)94-70-75(82)69-93-99(87,88)95-73-76(71-91-78(83)65-61-57-53-49-45-32-28-24-20-16-12-8-4)97-80(85)67-63-59-55-51-47-43-40-35-31-27-23-19-15-11-7-3/h26,30,34,39,75-77,82H,5-25,27-29,31-33,35-38,40-74H2,1-4H3,(H,87,88)(H,89,90)/b30-26-,39-34-/t75-,76+,77+/m0/s1. The first kappa shape index (κ1) is 97.5. The molecule has 0 saturated carbocycles. The lowest BCUT2D eigenvalue weighted by Gasteiger charge is -2.21. The van der Waals surface area contributed by atoms with Crippen molar-refractivity contribution < 1.29 is 80.2 Å². The fourth-order valence-electron chi connectivity index (χ4n) is 12.1. The number of aliphatic hydroxyl groups is 1. The van der Waals surface area contributed by atoms with Crippen LogP contribution in [0.3, 0.4) is 0 Å². The van der Waals surface area contributed by atoms with E-state index >= 15 is 0 Å². The molecule has 0 aliphatic carbocycles. The predicted molar refractivity (Wildman–Crippen MR) is 409 cm³/mol. The van der Waals surface area contributed by atoms with Crippen LogP contribution in [0, 0.1) is 0 Å². The minimum Gasteiger partial charge on any atom is -0.462 e. The zero-order valence-electron chi connectivity index (χ0n) is 64.7. The number of allylic oxidation sites excluding steroid dienone is 4. The minimum absolute atomic E-state index is 0.102.